The van der Waals surface area contributed by atoms with Crippen LogP contribution in [0.1, 0.15) is 25.3 Å². The summed E-state index contributed by atoms with van der Waals surface area (Å²) in [6, 6.07) is 10.2. The Morgan fingerprint density at radius 3 is 2.31 bits per heavy atom. The van der Waals surface area contributed by atoms with E-state index in [2.05, 4.69) is 5.32 Å². The number of hydrogen-bond acceptors (Lipinski definition) is 7. The zero-order valence-corrected chi connectivity index (χ0v) is 22.6. The second-order valence-corrected chi connectivity index (χ2v) is 12.4. The number of nitrogens with zero attached hydrogens (tertiary/aromatic N) is 2. The van der Waals surface area contributed by atoms with Crippen LogP contribution in [0.4, 0.5) is 5.69 Å². The fourth-order valence-corrected chi connectivity index (χ4v) is 6.72. The van der Waals surface area contributed by atoms with Crippen LogP contribution in [0.5, 0.6) is 11.5 Å². The molecule has 1 amide bonds. The minimum absolute atomic E-state index is 0.114. The van der Waals surface area contributed by atoms with E-state index in [9.17, 15) is 21.6 Å². The molecule has 10 nitrogen and oxygen atoms in total. The number of carbonyl (C=O) groups is 1. The lowest BCUT2D eigenvalue weighted by Gasteiger charge is -2.29. The van der Waals surface area contributed by atoms with Gasteiger partial charge >= 0.3 is 0 Å². The number of hydrogen-bond donors (Lipinski definition) is 1. The van der Waals surface area contributed by atoms with Gasteiger partial charge in [0.2, 0.25) is 26.0 Å². The van der Waals surface area contributed by atoms with Gasteiger partial charge in [0, 0.05) is 13.1 Å². The van der Waals surface area contributed by atoms with Gasteiger partial charge in [-0.15, -0.1) is 0 Å². The molecule has 0 aliphatic carbocycles. The molecule has 2 aromatic rings. The largest absolute Gasteiger partial charge is 0.495 e. The molecule has 1 N–H and O–H groups in total. The summed E-state index contributed by atoms with van der Waals surface area (Å²) in [6.45, 7) is 4.62. The van der Waals surface area contributed by atoms with Gasteiger partial charge in [-0.05, 0) is 68.7 Å². The Balaban J connectivity index is 1.59. The number of rotatable bonds is 11. The summed E-state index contributed by atoms with van der Waals surface area (Å²) in [5.74, 6) is 0.295. The topological polar surface area (TPSA) is 122 Å². The molecule has 1 saturated heterocycles. The Morgan fingerprint density at radius 1 is 1.08 bits per heavy atom. The van der Waals surface area contributed by atoms with Crippen LogP contribution in [0.25, 0.3) is 0 Å². The zero-order chi connectivity index (χ0) is 26.5. The highest BCUT2D eigenvalue weighted by atomic mass is 32.2. The van der Waals surface area contributed by atoms with E-state index in [4.69, 9.17) is 9.47 Å². The summed E-state index contributed by atoms with van der Waals surface area (Å²) in [6.07, 6.45) is 2.77. The van der Waals surface area contributed by atoms with Crippen LogP contribution in [0, 0.1) is 6.92 Å². The molecule has 1 aliphatic rings. The first-order valence-electron chi connectivity index (χ1n) is 11.6. The molecule has 2 aromatic carbocycles. The number of benzene rings is 2. The lowest BCUT2D eigenvalue weighted by atomic mass is 10.2. The third-order valence-electron chi connectivity index (χ3n) is 5.86. The number of nitrogens with one attached hydrogen (secondary N) is 1. The molecule has 0 bridgehead atoms. The Labute approximate surface area is 213 Å². The van der Waals surface area contributed by atoms with Crippen molar-refractivity contribution >= 4 is 31.6 Å². The lowest BCUT2D eigenvalue weighted by Crippen LogP contribution is -2.48. The minimum Gasteiger partial charge on any atom is -0.495 e. The van der Waals surface area contributed by atoms with E-state index in [1.165, 1.54) is 30.5 Å². The first-order valence-corrected chi connectivity index (χ1v) is 14.9. The van der Waals surface area contributed by atoms with Crippen LogP contribution < -0.4 is 19.1 Å². The quantitative estimate of drug-likeness (QED) is 0.434. The Kier molecular flexibility index (Phi) is 8.85. The van der Waals surface area contributed by atoms with Gasteiger partial charge in [0.15, 0.2) is 0 Å². The molecule has 0 aromatic heterocycles. The minimum atomic E-state index is -3.80. The monoisotopic (exact) mass is 539 g/mol. The van der Waals surface area contributed by atoms with Crippen LogP contribution >= 0.6 is 0 Å². The van der Waals surface area contributed by atoms with E-state index in [0.29, 0.717) is 24.6 Å². The first kappa shape index (κ1) is 27.8. The molecule has 0 radical (unpaired) electrons. The van der Waals surface area contributed by atoms with E-state index in [1.807, 2.05) is 6.92 Å². The Morgan fingerprint density at radius 2 is 1.72 bits per heavy atom. The third kappa shape index (κ3) is 6.48. The summed E-state index contributed by atoms with van der Waals surface area (Å²) >= 11 is 0. The highest BCUT2D eigenvalue weighted by Crippen LogP contribution is 2.32. The standard InChI is InChI=1S/C24H33N3O7S2/c1-18-7-12-23(33-3)22(17-18)27(35(4,29)30)19(2)24(28)25-13-16-34-20-8-10-21(11-9-20)36(31,32)26-14-5-6-15-26/h7-12,17,19H,5-6,13-16H2,1-4H3,(H,25,28). The maximum absolute atomic E-state index is 12.8. The number of amides is 1. The fourth-order valence-electron chi connectivity index (χ4n) is 4.03. The van der Waals surface area contributed by atoms with Crippen molar-refractivity contribution in [3.05, 3.63) is 48.0 Å². The predicted octanol–water partition coefficient (Wildman–Crippen LogP) is 2.14. The Bertz CT molecular complexity index is 1270. The Hall–Kier alpha value is -2.83. The molecule has 12 heteroatoms. The second-order valence-electron chi connectivity index (χ2n) is 8.63. The van der Waals surface area contributed by atoms with Gasteiger partial charge in [-0.2, -0.15) is 4.31 Å². The molecule has 1 atom stereocenters. The van der Waals surface area contributed by atoms with Gasteiger partial charge in [0.05, 0.1) is 30.5 Å². The second kappa shape index (κ2) is 11.5. The summed E-state index contributed by atoms with van der Waals surface area (Å²) in [5, 5.41) is 2.69. The van der Waals surface area contributed by atoms with Crippen LogP contribution in [0.3, 0.4) is 0 Å². The third-order valence-corrected chi connectivity index (χ3v) is 9.00. The summed E-state index contributed by atoms with van der Waals surface area (Å²) < 4.78 is 63.8. The van der Waals surface area contributed by atoms with Crippen molar-refractivity contribution in [3.63, 3.8) is 0 Å². The van der Waals surface area contributed by atoms with Crippen molar-refractivity contribution in [2.45, 2.75) is 37.6 Å². The molecule has 3 rings (SSSR count). The van der Waals surface area contributed by atoms with Crippen molar-refractivity contribution in [2.75, 3.05) is 43.9 Å². The fraction of sp³-hybridized carbons (Fsp3) is 0.458. The van der Waals surface area contributed by atoms with Crippen molar-refractivity contribution in [1.29, 1.82) is 0 Å². The molecular formula is C24H33N3O7S2. The van der Waals surface area contributed by atoms with Crippen molar-refractivity contribution in [2.24, 2.45) is 0 Å². The number of methoxy groups -OCH3 is 1. The van der Waals surface area contributed by atoms with Crippen molar-refractivity contribution in [1.82, 2.24) is 9.62 Å². The van der Waals surface area contributed by atoms with E-state index in [-0.39, 0.29) is 23.7 Å². The van der Waals surface area contributed by atoms with Gasteiger partial charge in [-0.1, -0.05) is 6.07 Å². The maximum atomic E-state index is 12.8. The van der Waals surface area contributed by atoms with E-state index >= 15 is 0 Å². The van der Waals surface area contributed by atoms with Crippen LogP contribution in [-0.4, -0.2) is 72.7 Å². The number of aryl methyl sites for hydroxylation is 1. The molecule has 0 spiro atoms. The molecule has 1 aliphatic heterocycles. The maximum Gasteiger partial charge on any atom is 0.243 e. The number of sulfonamides is 2. The van der Waals surface area contributed by atoms with Crippen molar-refractivity contribution < 1.29 is 31.1 Å². The van der Waals surface area contributed by atoms with Crippen LogP contribution in [0.15, 0.2) is 47.4 Å². The highest BCUT2D eigenvalue weighted by Gasteiger charge is 2.31. The van der Waals surface area contributed by atoms with E-state index in [1.54, 1.807) is 30.3 Å². The predicted molar refractivity (Wildman–Crippen MR) is 137 cm³/mol. The average molecular weight is 540 g/mol. The van der Waals surface area contributed by atoms with Gasteiger partial charge in [-0.25, -0.2) is 16.8 Å². The normalized spacial score (nSPS) is 15.3. The first-order chi connectivity index (χ1) is 16.9. The highest BCUT2D eigenvalue weighted by molar-refractivity contribution is 7.92. The zero-order valence-electron chi connectivity index (χ0n) is 20.9. The van der Waals surface area contributed by atoms with E-state index < -0.39 is 32.0 Å². The number of carbonyl (C=O) groups excluding carboxylic acids is 1. The molecule has 1 heterocycles. The molecule has 1 unspecified atom stereocenters. The smallest absolute Gasteiger partial charge is 0.243 e. The van der Waals surface area contributed by atoms with Gasteiger partial charge in [-0.3, -0.25) is 9.10 Å². The molecular weight excluding hydrogens is 506 g/mol. The SMILES string of the molecule is COc1ccc(C)cc1N(C(C)C(=O)NCCOc1ccc(S(=O)(=O)N2CCCC2)cc1)S(C)(=O)=O. The molecule has 1 fully saturated rings. The van der Waals surface area contributed by atoms with Crippen LogP contribution in [0.2, 0.25) is 0 Å². The summed E-state index contributed by atoms with van der Waals surface area (Å²) in [5.41, 5.74) is 1.10. The van der Waals surface area contributed by atoms with Gasteiger partial charge in [0.25, 0.3) is 0 Å². The van der Waals surface area contributed by atoms with Crippen LogP contribution in [-0.2, 0) is 24.8 Å². The average Bonchev–Trinajstić information content (AvgIpc) is 3.37. The summed E-state index contributed by atoms with van der Waals surface area (Å²) in [4.78, 5) is 13.0. The lowest BCUT2D eigenvalue weighted by molar-refractivity contribution is -0.121. The molecule has 0 saturated carbocycles. The molecule has 36 heavy (non-hydrogen) atoms. The number of anilines is 1. The van der Waals surface area contributed by atoms with Gasteiger partial charge < -0.3 is 14.8 Å². The van der Waals surface area contributed by atoms with Gasteiger partial charge in [0.1, 0.15) is 24.1 Å². The number of ether oxygens (including phenoxy) is 2. The molecule has 198 valence electrons. The van der Waals surface area contributed by atoms with E-state index in [0.717, 1.165) is 29.0 Å². The van der Waals surface area contributed by atoms with Crippen molar-refractivity contribution in [3.8, 4) is 11.5 Å². The summed E-state index contributed by atoms with van der Waals surface area (Å²) in [7, 11) is -5.86.